The first kappa shape index (κ1) is 13.4. The minimum absolute atomic E-state index is 0. The van der Waals surface area contributed by atoms with Gasteiger partial charge < -0.3 is 5.73 Å². The van der Waals surface area contributed by atoms with Crippen molar-refractivity contribution in [1.29, 1.82) is 0 Å². The van der Waals surface area contributed by atoms with Gasteiger partial charge in [-0.1, -0.05) is 0 Å². The second-order valence-electron chi connectivity index (χ2n) is 0.921. The van der Waals surface area contributed by atoms with Crippen molar-refractivity contribution >= 4 is 35.6 Å². The van der Waals surface area contributed by atoms with E-state index in [1.807, 2.05) is 0 Å². The monoisotopic (exact) mass is 274 g/mol. The van der Waals surface area contributed by atoms with E-state index in [0.717, 1.165) is 0 Å². The maximum absolute atomic E-state index is 9.64. The topological polar surface area (TPSA) is 134 Å². The average molecular weight is 274 g/mol. The van der Waals surface area contributed by atoms with Crippen LogP contribution in [-0.2, 0) is 3.17 Å². The summed E-state index contributed by atoms with van der Waals surface area (Å²) in [6.45, 7) is 0. The average Bonchev–Trinajstić information content (AvgIpc) is 1.59. The Balaban J connectivity index is 0. The normalized spacial score (nSPS) is 9.90. The first-order valence-corrected chi connectivity index (χ1v) is 5.09. The van der Waals surface area contributed by atoms with Crippen molar-refractivity contribution in [1.82, 2.24) is 5.48 Å². The van der Waals surface area contributed by atoms with Crippen molar-refractivity contribution < 1.29 is 38.4 Å². The molecule has 10 heavy (non-hydrogen) atoms. The summed E-state index contributed by atoms with van der Waals surface area (Å²) in [5.74, 6) is 0. The molecule has 7 nitrogen and oxygen atoms in total. The van der Waals surface area contributed by atoms with E-state index in [4.69, 9.17) is 0 Å². The Morgan fingerprint density at radius 3 is 2.00 bits per heavy atom. The van der Waals surface area contributed by atoms with Crippen molar-refractivity contribution in [3.63, 3.8) is 0 Å². The van der Waals surface area contributed by atoms with Gasteiger partial charge in [-0.15, -0.1) is 5.48 Å². The molecule has 3 N–H and O–H groups in total. The van der Waals surface area contributed by atoms with Crippen molar-refractivity contribution in [2.75, 3.05) is 0 Å². The molecular weight excluding hydrogens is 270 g/mol. The molecule has 0 aromatic heterocycles. The number of amides is 2. The maximum atomic E-state index is 9.64. The quantitative estimate of drug-likeness (QED) is 0.293. The standard InChI is InChI=1S/CH3IN2O5.Na.H/c3-1(5)4-9-2(6,7)8;;/h(H3,3,4,5);;. The van der Waals surface area contributed by atoms with Gasteiger partial charge in [0.2, 0.25) is 0 Å². The van der Waals surface area contributed by atoms with E-state index in [1.54, 1.807) is 0 Å². The molecule has 0 fully saturated rings. The van der Waals surface area contributed by atoms with Crippen LogP contribution in [0.5, 0.6) is 0 Å². The summed E-state index contributed by atoms with van der Waals surface area (Å²) in [6, 6.07) is -1.23. The van der Waals surface area contributed by atoms with Crippen LogP contribution in [0.25, 0.3) is 0 Å². The molecule has 0 aromatic rings. The van der Waals surface area contributed by atoms with E-state index in [9.17, 15) is 15.1 Å². The Morgan fingerprint density at radius 1 is 1.50 bits per heavy atom. The molecule has 0 aliphatic rings. The molecule has 0 atom stereocenters. The third-order valence-corrected chi connectivity index (χ3v) is 0.993. The zero-order valence-corrected chi connectivity index (χ0v) is 6.15. The van der Waals surface area contributed by atoms with Gasteiger partial charge >= 0.3 is 55.7 Å². The summed E-state index contributed by atoms with van der Waals surface area (Å²) in [5, 5.41) is 0. The van der Waals surface area contributed by atoms with E-state index < -0.39 is 26.1 Å². The Hall–Kier alpha value is 0.840. The zero-order chi connectivity index (χ0) is 7.49. The SMILES string of the molecule is NC(=O)NO[I+3]([O-])([O-])[O-].[NaH]. The Kier molecular flexibility index (Phi) is 7.37. The second-order valence-corrected chi connectivity index (χ2v) is 3.52. The number of carbonyl (C=O) groups excluding carboxylic acids is 1. The van der Waals surface area contributed by atoms with Crippen LogP contribution in [0.1, 0.15) is 0 Å². The molecule has 0 bridgehead atoms. The molecule has 56 valence electrons. The van der Waals surface area contributed by atoms with Gasteiger partial charge in [0, 0.05) is 0 Å². The minimum atomic E-state index is -5.75. The molecule has 9 heteroatoms. The van der Waals surface area contributed by atoms with Crippen molar-refractivity contribution in [3.8, 4) is 0 Å². The molecule has 0 aromatic carbocycles. The van der Waals surface area contributed by atoms with Gasteiger partial charge in [-0.25, -0.2) is 4.79 Å². The summed E-state index contributed by atoms with van der Waals surface area (Å²) < 4.78 is 32.0. The van der Waals surface area contributed by atoms with Gasteiger partial charge in [0.15, 0.2) is 3.17 Å². The number of halogens is 1. The van der Waals surface area contributed by atoms with Crippen LogP contribution in [0.15, 0.2) is 0 Å². The Bertz CT molecular complexity index is 113. The second kappa shape index (κ2) is 5.49. The molecule has 0 aliphatic heterocycles. The number of nitrogens with two attached hydrogens (primary N) is 1. The van der Waals surface area contributed by atoms with Gasteiger partial charge in [-0.05, 0) is 0 Å². The van der Waals surface area contributed by atoms with Crippen molar-refractivity contribution in [3.05, 3.63) is 0 Å². The van der Waals surface area contributed by atoms with E-state index in [2.05, 4.69) is 8.90 Å². The van der Waals surface area contributed by atoms with Crippen LogP contribution < -0.4 is 41.6 Å². The first-order chi connectivity index (χ1) is 3.92. The summed E-state index contributed by atoms with van der Waals surface area (Å²) in [6.07, 6.45) is 0. The molecular formula is CH4IN2NaO5. The molecule has 0 heterocycles. The zero-order valence-electron chi connectivity index (χ0n) is 4.00. The van der Waals surface area contributed by atoms with E-state index in [0.29, 0.717) is 0 Å². The first-order valence-electron chi connectivity index (χ1n) is 1.56. The van der Waals surface area contributed by atoms with Crippen LogP contribution in [0.2, 0.25) is 0 Å². The molecule has 0 spiro atoms. The third kappa shape index (κ3) is 11.6. The molecule has 0 rings (SSSR count). The fraction of sp³-hybridized carbons (Fsp3) is 0. The number of hydroxylamine groups is 1. The molecule has 0 aliphatic carbocycles. The van der Waals surface area contributed by atoms with E-state index in [1.165, 1.54) is 5.48 Å². The third-order valence-electron chi connectivity index (χ3n) is 0.234. The molecule has 0 saturated heterocycles. The summed E-state index contributed by atoms with van der Waals surface area (Å²) >= 11 is -5.75. The Labute approximate surface area is 84.5 Å². The summed E-state index contributed by atoms with van der Waals surface area (Å²) in [5.41, 5.74) is 5.50. The van der Waals surface area contributed by atoms with Gasteiger partial charge in [0.05, 0.1) is 0 Å². The fourth-order valence-corrected chi connectivity index (χ4v) is 0.572. The molecule has 2 amide bonds. The number of nitrogens with one attached hydrogen (secondary N) is 1. The number of primary amides is 1. The fourth-order valence-electron chi connectivity index (χ4n) is 0.0853. The van der Waals surface area contributed by atoms with Crippen LogP contribution in [0.3, 0.4) is 0 Å². The Morgan fingerprint density at radius 2 is 1.90 bits per heavy atom. The summed E-state index contributed by atoms with van der Waals surface area (Å²) in [7, 11) is 0. The van der Waals surface area contributed by atoms with Crippen molar-refractivity contribution in [2.24, 2.45) is 5.73 Å². The van der Waals surface area contributed by atoms with Crippen LogP contribution >= 0.6 is 0 Å². The predicted octanol–water partition coefficient (Wildman–Crippen LogP) is -8.16. The van der Waals surface area contributed by atoms with Crippen LogP contribution in [-0.4, -0.2) is 35.6 Å². The predicted molar refractivity (Wildman–Crippen MR) is 21.0 cm³/mol. The number of carbonyl (C=O) groups is 1. The number of hydrogen-bond acceptors (Lipinski definition) is 5. The number of urea groups is 1. The van der Waals surface area contributed by atoms with Gasteiger partial charge in [0.1, 0.15) is 0 Å². The van der Waals surface area contributed by atoms with E-state index >= 15 is 0 Å². The van der Waals surface area contributed by atoms with E-state index in [-0.39, 0.29) is 29.6 Å². The number of hydrogen-bond donors (Lipinski definition) is 2. The van der Waals surface area contributed by atoms with Crippen molar-refractivity contribution in [2.45, 2.75) is 0 Å². The molecule has 0 saturated carbocycles. The van der Waals surface area contributed by atoms with Gasteiger partial charge in [-0.2, -0.15) is 0 Å². The van der Waals surface area contributed by atoms with Crippen LogP contribution in [0.4, 0.5) is 4.79 Å². The summed E-state index contributed by atoms with van der Waals surface area (Å²) in [4.78, 5) is 9.64. The van der Waals surface area contributed by atoms with Gasteiger partial charge in [-0.3, -0.25) is 10.3 Å². The number of rotatable bonds is 2. The van der Waals surface area contributed by atoms with Crippen LogP contribution in [0, 0.1) is 0 Å². The molecule has 0 radical (unpaired) electrons. The van der Waals surface area contributed by atoms with Gasteiger partial charge in [0.25, 0.3) is 0 Å². The molecule has 0 unspecified atom stereocenters.